The molecule has 1 aliphatic heterocycles. The summed E-state index contributed by atoms with van der Waals surface area (Å²) in [6, 6.07) is 9.35. The van der Waals surface area contributed by atoms with Gasteiger partial charge in [0.2, 0.25) is 11.7 Å². The number of anilines is 1. The van der Waals surface area contributed by atoms with Crippen molar-refractivity contribution in [2.24, 2.45) is 0 Å². The van der Waals surface area contributed by atoms with Gasteiger partial charge >= 0.3 is 0 Å². The average molecular weight is 428 g/mol. The number of carbonyl (C=O) groups is 1. The van der Waals surface area contributed by atoms with E-state index >= 15 is 0 Å². The third-order valence-corrected chi connectivity index (χ3v) is 5.79. The van der Waals surface area contributed by atoms with E-state index in [1.807, 2.05) is 37.3 Å². The van der Waals surface area contributed by atoms with Crippen molar-refractivity contribution in [1.82, 2.24) is 9.78 Å². The Hall–Kier alpha value is -3.19. The molecule has 1 amide bonds. The van der Waals surface area contributed by atoms with Gasteiger partial charge in [-0.2, -0.15) is 5.10 Å². The van der Waals surface area contributed by atoms with E-state index < -0.39 is 0 Å². The van der Waals surface area contributed by atoms with Gasteiger partial charge in [-0.25, -0.2) is 4.68 Å². The summed E-state index contributed by atoms with van der Waals surface area (Å²) in [5.41, 5.74) is 3.48. The van der Waals surface area contributed by atoms with Crippen LogP contribution in [-0.2, 0) is 4.79 Å². The maximum atomic E-state index is 12.6. The molecular formula is C22H22ClN3O4. The summed E-state index contributed by atoms with van der Waals surface area (Å²) in [6.45, 7) is 1.92. The van der Waals surface area contributed by atoms with E-state index in [4.69, 9.17) is 25.8 Å². The Morgan fingerprint density at radius 2 is 1.83 bits per heavy atom. The van der Waals surface area contributed by atoms with Crippen LogP contribution in [0.2, 0.25) is 5.02 Å². The maximum Gasteiger partial charge on any atom is 0.226 e. The molecule has 30 heavy (non-hydrogen) atoms. The van der Waals surface area contributed by atoms with Gasteiger partial charge in [-0.05, 0) is 42.3 Å². The number of benzene rings is 2. The topological polar surface area (TPSA) is 74.6 Å². The van der Waals surface area contributed by atoms with Crippen molar-refractivity contribution in [1.29, 1.82) is 0 Å². The minimum Gasteiger partial charge on any atom is -0.493 e. The van der Waals surface area contributed by atoms with E-state index in [0.29, 0.717) is 28.1 Å². The molecule has 3 aromatic rings. The SMILES string of the molecule is COc1cc([C@@H]2CC(=O)Nc3c2cnn3-c2cccc(Cl)c2C)cc(OC)c1OC. The van der Waals surface area contributed by atoms with Crippen molar-refractivity contribution in [3.8, 4) is 22.9 Å². The molecule has 1 atom stereocenters. The average Bonchev–Trinajstić information content (AvgIpc) is 3.17. The first kappa shape index (κ1) is 20.1. The number of fused-ring (bicyclic) bond motifs is 1. The molecular weight excluding hydrogens is 406 g/mol. The normalized spacial score (nSPS) is 15.4. The van der Waals surface area contributed by atoms with Crippen LogP contribution in [0.1, 0.15) is 29.0 Å². The minimum absolute atomic E-state index is 0.0947. The summed E-state index contributed by atoms with van der Waals surface area (Å²) in [4.78, 5) is 12.6. The lowest BCUT2D eigenvalue weighted by atomic mass is 9.87. The van der Waals surface area contributed by atoms with Crippen LogP contribution in [0.5, 0.6) is 17.2 Å². The van der Waals surface area contributed by atoms with Gasteiger partial charge in [-0.1, -0.05) is 17.7 Å². The fraction of sp³-hybridized carbons (Fsp3) is 0.273. The van der Waals surface area contributed by atoms with Crippen LogP contribution in [-0.4, -0.2) is 37.0 Å². The largest absolute Gasteiger partial charge is 0.493 e. The van der Waals surface area contributed by atoms with E-state index in [0.717, 1.165) is 22.4 Å². The molecule has 1 aliphatic rings. The zero-order valence-corrected chi connectivity index (χ0v) is 17.9. The van der Waals surface area contributed by atoms with Crippen molar-refractivity contribution in [3.63, 3.8) is 0 Å². The molecule has 8 heteroatoms. The second kappa shape index (κ2) is 7.91. The molecule has 1 N–H and O–H groups in total. The molecule has 0 aliphatic carbocycles. The number of nitrogens with one attached hydrogen (secondary N) is 1. The number of rotatable bonds is 5. The lowest BCUT2D eigenvalue weighted by Crippen LogP contribution is -2.24. The first-order chi connectivity index (χ1) is 14.5. The molecule has 0 bridgehead atoms. The van der Waals surface area contributed by atoms with Crippen LogP contribution in [0.15, 0.2) is 36.5 Å². The van der Waals surface area contributed by atoms with Gasteiger partial charge in [0.25, 0.3) is 0 Å². The smallest absolute Gasteiger partial charge is 0.226 e. The number of hydrogen-bond acceptors (Lipinski definition) is 5. The first-order valence-electron chi connectivity index (χ1n) is 9.41. The number of methoxy groups -OCH3 is 3. The third kappa shape index (κ3) is 3.25. The monoisotopic (exact) mass is 427 g/mol. The molecule has 4 rings (SSSR count). The Kier molecular flexibility index (Phi) is 5.30. The number of nitrogens with zero attached hydrogens (tertiary/aromatic N) is 2. The molecule has 0 saturated carbocycles. The van der Waals surface area contributed by atoms with Crippen molar-refractivity contribution in [2.75, 3.05) is 26.6 Å². The standard InChI is InChI=1S/C22H22ClN3O4/c1-12-16(23)6-5-7-17(12)26-22-15(11-24-26)14(10-20(27)25-22)13-8-18(28-2)21(30-4)19(9-13)29-3/h5-9,11,14H,10H2,1-4H3,(H,25,27)/t14-/m0/s1. The fourth-order valence-corrected chi connectivity index (χ4v) is 4.00. The van der Waals surface area contributed by atoms with Gasteiger partial charge in [-0.15, -0.1) is 0 Å². The van der Waals surface area contributed by atoms with Crippen LogP contribution in [0, 0.1) is 6.92 Å². The second-order valence-corrected chi connectivity index (χ2v) is 7.42. The van der Waals surface area contributed by atoms with Crippen LogP contribution < -0.4 is 19.5 Å². The Morgan fingerprint density at radius 1 is 1.13 bits per heavy atom. The maximum absolute atomic E-state index is 12.6. The van der Waals surface area contributed by atoms with E-state index in [1.165, 1.54) is 0 Å². The van der Waals surface area contributed by atoms with Crippen LogP contribution in [0.3, 0.4) is 0 Å². The molecule has 0 radical (unpaired) electrons. The summed E-state index contributed by atoms with van der Waals surface area (Å²) < 4.78 is 18.1. The summed E-state index contributed by atoms with van der Waals surface area (Å²) in [5, 5.41) is 8.16. The van der Waals surface area contributed by atoms with Gasteiger partial charge in [0.1, 0.15) is 5.82 Å². The molecule has 0 fully saturated rings. The highest BCUT2D eigenvalue weighted by Crippen LogP contribution is 2.45. The zero-order valence-electron chi connectivity index (χ0n) is 17.2. The molecule has 0 saturated heterocycles. The highest BCUT2D eigenvalue weighted by atomic mass is 35.5. The zero-order chi connectivity index (χ0) is 21.4. The Morgan fingerprint density at radius 3 is 2.47 bits per heavy atom. The van der Waals surface area contributed by atoms with E-state index in [2.05, 4.69) is 10.4 Å². The van der Waals surface area contributed by atoms with Crippen molar-refractivity contribution in [2.45, 2.75) is 19.3 Å². The summed E-state index contributed by atoms with van der Waals surface area (Å²) in [7, 11) is 4.70. The number of ether oxygens (including phenoxy) is 3. The van der Waals surface area contributed by atoms with Gasteiger partial charge in [0.15, 0.2) is 11.5 Å². The summed E-state index contributed by atoms with van der Waals surface area (Å²) in [5.74, 6) is 1.91. The lowest BCUT2D eigenvalue weighted by molar-refractivity contribution is -0.116. The predicted molar refractivity (Wildman–Crippen MR) is 114 cm³/mol. The van der Waals surface area contributed by atoms with Crippen molar-refractivity contribution < 1.29 is 19.0 Å². The molecule has 0 unspecified atom stereocenters. The van der Waals surface area contributed by atoms with Gasteiger partial charge in [0, 0.05) is 22.9 Å². The number of hydrogen-bond donors (Lipinski definition) is 1. The van der Waals surface area contributed by atoms with Crippen molar-refractivity contribution in [3.05, 3.63) is 58.2 Å². The predicted octanol–water partition coefficient (Wildman–Crippen LogP) is 4.33. The Bertz CT molecular complexity index is 1100. The highest BCUT2D eigenvalue weighted by molar-refractivity contribution is 6.31. The number of halogens is 1. The van der Waals surface area contributed by atoms with E-state index in [1.54, 1.807) is 32.2 Å². The molecule has 156 valence electrons. The molecule has 2 heterocycles. The van der Waals surface area contributed by atoms with Crippen LogP contribution in [0.25, 0.3) is 5.69 Å². The quantitative estimate of drug-likeness (QED) is 0.655. The Balaban J connectivity index is 1.86. The molecule has 1 aromatic heterocycles. The van der Waals surface area contributed by atoms with E-state index in [9.17, 15) is 4.79 Å². The third-order valence-electron chi connectivity index (χ3n) is 5.38. The first-order valence-corrected chi connectivity index (χ1v) is 9.79. The van der Waals surface area contributed by atoms with Gasteiger partial charge in [-0.3, -0.25) is 4.79 Å². The Labute approximate surface area is 179 Å². The molecule has 0 spiro atoms. The minimum atomic E-state index is -0.212. The lowest BCUT2D eigenvalue weighted by Gasteiger charge is -2.25. The van der Waals surface area contributed by atoms with Gasteiger partial charge < -0.3 is 19.5 Å². The number of aromatic nitrogens is 2. The van der Waals surface area contributed by atoms with Crippen LogP contribution in [0.4, 0.5) is 5.82 Å². The highest BCUT2D eigenvalue weighted by Gasteiger charge is 2.32. The number of amides is 1. The van der Waals surface area contributed by atoms with Crippen LogP contribution >= 0.6 is 11.6 Å². The second-order valence-electron chi connectivity index (χ2n) is 7.01. The summed E-state index contributed by atoms with van der Waals surface area (Å²) >= 11 is 6.29. The van der Waals surface area contributed by atoms with Gasteiger partial charge in [0.05, 0.1) is 33.2 Å². The molecule has 2 aromatic carbocycles. The molecule has 7 nitrogen and oxygen atoms in total. The number of carbonyl (C=O) groups excluding carboxylic acids is 1. The fourth-order valence-electron chi connectivity index (χ4n) is 3.83. The summed E-state index contributed by atoms with van der Waals surface area (Å²) in [6.07, 6.45) is 2.06. The van der Waals surface area contributed by atoms with Crippen molar-refractivity contribution >= 4 is 23.3 Å². The van der Waals surface area contributed by atoms with E-state index in [-0.39, 0.29) is 18.2 Å².